The fourth-order valence-corrected chi connectivity index (χ4v) is 1.06. The number of aromatic nitrogens is 2. The maximum Gasteiger partial charge on any atom is 0.401 e. The van der Waals surface area contributed by atoms with Gasteiger partial charge in [-0.2, -0.15) is 18.3 Å². The van der Waals surface area contributed by atoms with Crippen LogP contribution in [0.15, 0.2) is 12.3 Å². The number of halogens is 3. The highest BCUT2D eigenvalue weighted by Crippen LogP contribution is 2.11. The minimum absolute atomic E-state index is 0.255. The zero-order valence-electron chi connectivity index (χ0n) is 8.30. The van der Waals surface area contributed by atoms with Crippen molar-refractivity contribution in [2.45, 2.75) is 6.18 Å². The normalized spacial score (nSPS) is 11.7. The van der Waals surface area contributed by atoms with Crippen molar-refractivity contribution in [2.75, 3.05) is 25.0 Å². The van der Waals surface area contributed by atoms with Crippen molar-refractivity contribution in [3.8, 4) is 0 Å². The number of hydrogen-bond acceptors (Lipinski definition) is 3. The molecule has 0 aliphatic carbocycles. The Kier molecular flexibility index (Phi) is 3.96. The first-order chi connectivity index (χ1) is 6.99. The number of hydrogen-bond donors (Lipinski definition) is 2. The smallest absolute Gasteiger partial charge is 0.369 e. The molecule has 0 saturated heterocycles. The molecule has 2 N–H and O–H groups in total. The van der Waals surface area contributed by atoms with Gasteiger partial charge in [-0.3, -0.25) is 4.68 Å². The fourth-order valence-electron chi connectivity index (χ4n) is 1.06. The molecule has 0 aliphatic rings. The van der Waals surface area contributed by atoms with Crippen LogP contribution in [0, 0.1) is 0 Å². The Hall–Kier alpha value is -1.24. The van der Waals surface area contributed by atoms with E-state index in [1.165, 1.54) is 0 Å². The summed E-state index contributed by atoms with van der Waals surface area (Å²) in [6, 6.07) is 1.75. The topological polar surface area (TPSA) is 41.9 Å². The van der Waals surface area contributed by atoms with Gasteiger partial charge < -0.3 is 10.6 Å². The summed E-state index contributed by atoms with van der Waals surface area (Å²) in [6.07, 6.45) is -2.53. The lowest BCUT2D eigenvalue weighted by atomic mass is 10.5. The van der Waals surface area contributed by atoms with Gasteiger partial charge in [0.25, 0.3) is 0 Å². The lowest BCUT2D eigenvalue weighted by Crippen LogP contribution is -2.32. The zero-order valence-corrected chi connectivity index (χ0v) is 8.30. The minimum Gasteiger partial charge on any atom is -0.369 e. The molecule has 1 aromatic heterocycles. The van der Waals surface area contributed by atoms with Crippen molar-refractivity contribution in [1.29, 1.82) is 0 Å². The molecule has 0 amide bonds. The second kappa shape index (κ2) is 5.01. The Bertz CT molecular complexity index is 294. The van der Waals surface area contributed by atoms with Gasteiger partial charge >= 0.3 is 6.18 Å². The first-order valence-electron chi connectivity index (χ1n) is 4.48. The lowest BCUT2D eigenvalue weighted by Gasteiger charge is -2.09. The van der Waals surface area contributed by atoms with Gasteiger partial charge in [0, 0.05) is 26.2 Å². The van der Waals surface area contributed by atoms with Gasteiger partial charge in [-0.1, -0.05) is 0 Å². The van der Waals surface area contributed by atoms with Gasteiger partial charge in [-0.15, -0.1) is 0 Å². The van der Waals surface area contributed by atoms with E-state index in [2.05, 4.69) is 15.7 Å². The molecule has 1 heterocycles. The molecular weight excluding hydrogens is 209 g/mol. The number of aryl methyl sites for hydroxylation is 1. The van der Waals surface area contributed by atoms with Crippen molar-refractivity contribution in [3.05, 3.63) is 12.3 Å². The Morgan fingerprint density at radius 3 is 2.67 bits per heavy atom. The molecular formula is C8H13F3N4. The second-order valence-electron chi connectivity index (χ2n) is 3.06. The number of alkyl halides is 3. The van der Waals surface area contributed by atoms with Gasteiger partial charge in [-0.25, -0.2) is 0 Å². The molecule has 0 radical (unpaired) electrons. The molecule has 15 heavy (non-hydrogen) atoms. The van der Waals surface area contributed by atoms with E-state index in [0.29, 0.717) is 6.54 Å². The van der Waals surface area contributed by atoms with E-state index in [1.807, 2.05) is 0 Å². The molecule has 0 bridgehead atoms. The number of nitrogens with one attached hydrogen (secondary N) is 2. The molecule has 0 aliphatic heterocycles. The summed E-state index contributed by atoms with van der Waals surface area (Å²) in [4.78, 5) is 0. The summed E-state index contributed by atoms with van der Waals surface area (Å²) in [5.74, 6) is 0.781. The highest BCUT2D eigenvalue weighted by molar-refractivity contribution is 5.33. The van der Waals surface area contributed by atoms with E-state index >= 15 is 0 Å². The third-order valence-corrected chi connectivity index (χ3v) is 1.75. The molecule has 0 aromatic carbocycles. The average molecular weight is 222 g/mol. The average Bonchev–Trinajstić information content (AvgIpc) is 2.49. The van der Waals surface area contributed by atoms with Crippen molar-refractivity contribution < 1.29 is 13.2 Å². The van der Waals surface area contributed by atoms with Gasteiger partial charge in [0.1, 0.15) is 5.82 Å². The monoisotopic (exact) mass is 222 g/mol. The van der Waals surface area contributed by atoms with Crippen LogP contribution in [-0.2, 0) is 7.05 Å². The van der Waals surface area contributed by atoms with Crippen molar-refractivity contribution in [1.82, 2.24) is 15.1 Å². The minimum atomic E-state index is -4.15. The largest absolute Gasteiger partial charge is 0.401 e. The van der Waals surface area contributed by atoms with Crippen LogP contribution >= 0.6 is 0 Å². The molecule has 0 spiro atoms. The summed E-state index contributed by atoms with van der Waals surface area (Å²) in [7, 11) is 1.76. The fraction of sp³-hybridized carbons (Fsp3) is 0.625. The maximum atomic E-state index is 11.7. The number of nitrogens with zero attached hydrogens (tertiary/aromatic N) is 2. The molecule has 1 aromatic rings. The quantitative estimate of drug-likeness (QED) is 0.730. The molecule has 86 valence electrons. The molecule has 0 saturated carbocycles. The Morgan fingerprint density at radius 1 is 1.40 bits per heavy atom. The van der Waals surface area contributed by atoms with Crippen LogP contribution in [-0.4, -0.2) is 35.6 Å². The van der Waals surface area contributed by atoms with Crippen molar-refractivity contribution in [2.24, 2.45) is 7.05 Å². The van der Waals surface area contributed by atoms with Gasteiger partial charge in [0.15, 0.2) is 0 Å². The van der Waals surface area contributed by atoms with E-state index in [0.717, 1.165) is 5.82 Å². The van der Waals surface area contributed by atoms with E-state index in [4.69, 9.17) is 0 Å². The van der Waals surface area contributed by atoms with Crippen LogP contribution in [0.1, 0.15) is 0 Å². The molecule has 7 heteroatoms. The van der Waals surface area contributed by atoms with Gasteiger partial charge in [0.05, 0.1) is 12.7 Å². The highest BCUT2D eigenvalue weighted by Gasteiger charge is 2.25. The van der Waals surface area contributed by atoms with Crippen molar-refractivity contribution >= 4 is 5.82 Å². The zero-order chi connectivity index (χ0) is 11.3. The van der Waals surface area contributed by atoms with Crippen molar-refractivity contribution in [3.63, 3.8) is 0 Å². The third-order valence-electron chi connectivity index (χ3n) is 1.75. The third kappa shape index (κ3) is 4.68. The van der Waals surface area contributed by atoms with E-state index in [9.17, 15) is 13.2 Å². The summed E-state index contributed by atoms with van der Waals surface area (Å²) >= 11 is 0. The predicted molar refractivity (Wildman–Crippen MR) is 50.6 cm³/mol. The SMILES string of the molecule is Cn1nccc1NCCNCC(F)(F)F. The van der Waals surface area contributed by atoms with Crippen LogP contribution in [0.3, 0.4) is 0 Å². The second-order valence-corrected chi connectivity index (χ2v) is 3.06. The summed E-state index contributed by atoms with van der Waals surface area (Å²) < 4.78 is 36.8. The van der Waals surface area contributed by atoms with E-state index in [-0.39, 0.29) is 6.54 Å². The number of anilines is 1. The first kappa shape index (κ1) is 11.8. The van der Waals surface area contributed by atoms with Gasteiger partial charge in [-0.05, 0) is 0 Å². The van der Waals surface area contributed by atoms with Crippen LogP contribution in [0.5, 0.6) is 0 Å². The lowest BCUT2D eigenvalue weighted by molar-refractivity contribution is -0.124. The highest BCUT2D eigenvalue weighted by atomic mass is 19.4. The first-order valence-corrected chi connectivity index (χ1v) is 4.48. The van der Waals surface area contributed by atoms with E-state index < -0.39 is 12.7 Å². The van der Waals surface area contributed by atoms with Crippen LogP contribution in [0.2, 0.25) is 0 Å². The van der Waals surface area contributed by atoms with Crippen LogP contribution in [0.4, 0.5) is 19.0 Å². The molecule has 0 atom stereocenters. The molecule has 0 fully saturated rings. The van der Waals surface area contributed by atoms with E-state index in [1.54, 1.807) is 24.0 Å². The van der Waals surface area contributed by atoms with Gasteiger partial charge in [0.2, 0.25) is 0 Å². The number of rotatable bonds is 5. The maximum absolute atomic E-state index is 11.7. The Labute approximate surface area is 85.5 Å². The molecule has 0 unspecified atom stereocenters. The Balaban J connectivity index is 2.10. The molecule has 1 rings (SSSR count). The summed E-state index contributed by atoms with van der Waals surface area (Å²) in [5, 5.41) is 9.15. The molecule has 4 nitrogen and oxygen atoms in total. The summed E-state index contributed by atoms with van der Waals surface area (Å²) in [6.45, 7) is -0.277. The van der Waals surface area contributed by atoms with Crippen LogP contribution in [0.25, 0.3) is 0 Å². The Morgan fingerprint density at radius 2 is 2.13 bits per heavy atom. The van der Waals surface area contributed by atoms with Crippen LogP contribution < -0.4 is 10.6 Å². The summed E-state index contributed by atoms with van der Waals surface area (Å²) in [5.41, 5.74) is 0. The predicted octanol–water partition coefficient (Wildman–Crippen LogP) is 0.984. The standard InChI is InChI=1S/C8H13F3N4/c1-15-7(2-3-14-15)13-5-4-12-6-8(9,10)11/h2-3,12-13H,4-6H2,1H3.